The van der Waals surface area contributed by atoms with Crippen LogP contribution < -0.4 is 0 Å². The van der Waals surface area contributed by atoms with E-state index >= 15 is 0 Å². The maximum absolute atomic E-state index is 6.30. The van der Waals surface area contributed by atoms with Gasteiger partial charge in [0.1, 0.15) is 12.6 Å². The lowest BCUT2D eigenvalue weighted by Gasteiger charge is -2.29. The molecule has 0 aromatic carbocycles. The van der Waals surface area contributed by atoms with Crippen molar-refractivity contribution in [3.05, 3.63) is 24.3 Å². The van der Waals surface area contributed by atoms with Crippen molar-refractivity contribution in [2.24, 2.45) is 0 Å². The van der Waals surface area contributed by atoms with E-state index in [0.717, 1.165) is 30.8 Å². The molecule has 41 heavy (non-hydrogen) atoms. The quantitative estimate of drug-likeness (QED) is 0.0438. The molecule has 0 saturated carbocycles. The van der Waals surface area contributed by atoms with Gasteiger partial charge in [-0.1, -0.05) is 141 Å². The second-order valence-electron chi connectivity index (χ2n) is 13.5. The zero-order chi connectivity index (χ0) is 30.1. The Kier molecular flexibility index (Phi) is 31.8. The third kappa shape index (κ3) is 35.5. The Hall–Kier alpha value is -0.640. The highest BCUT2D eigenvalue weighted by Gasteiger charge is 2.19. The second kappa shape index (κ2) is 32.3. The van der Waals surface area contributed by atoms with Gasteiger partial charge in [-0.25, -0.2) is 0 Å². The summed E-state index contributed by atoms with van der Waals surface area (Å²) >= 11 is 0. The Morgan fingerprint density at radius 1 is 0.463 bits per heavy atom. The summed E-state index contributed by atoms with van der Waals surface area (Å²) in [6, 6.07) is 0. The predicted molar refractivity (Wildman–Crippen MR) is 184 cm³/mol. The molecule has 3 nitrogen and oxygen atoms in total. The van der Waals surface area contributed by atoms with Gasteiger partial charge in [-0.05, 0) is 51.4 Å². The average molecular weight is 579 g/mol. The molecular weight excluding hydrogens is 502 g/mol. The number of quaternary nitrogens is 1. The Bertz CT molecular complexity index is 551. The molecule has 0 bridgehead atoms. The first-order valence-electron chi connectivity index (χ1n) is 18.3. The molecule has 0 rings (SSSR count). The first-order chi connectivity index (χ1) is 20.0. The molecule has 0 spiro atoms. The number of ether oxygens (including phenoxy) is 2. The van der Waals surface area contributed by atoms with Crippen molar-refractivity contribution in [1.82, 2.24) is 0 Å². The van der Waals surface area contributed by atoms with E-state index < -0.39 is 0 Å². The van der Waals surface area contributed by atoms with E-state index in [1.165, 1.54) is 154 Å². The summed E-state index contributed by atoms with van der Waals surface area (Å²) in [5, 5.41) is 0. The van der Waals surface area contributed by atoms with Crippen LogP contribution in [0.5, 0.6) is 0 Å². The fourth-order valence-corrected chi connectivity index (χ4v) is 5.30. The molecule has 1 unspecified atom stereocenters. The van der Waals surface area contributed by atoms with E-state index in [1.807, 2.05) is 0 Å². The lowest BCUT2D eigenvalue weighted by atomic mass is 10.1. The molecule has 0 fully saturated rings. The molecule has 0 saturated heterocycles. The number of rotatable bonds is 33. The largest absolute Gasteiger partial charge is 0.379 e. The zero-order valence-corrected chi connectivity index (χ0v) is 28.9. The monoisotopic (exact) mass is 579 g/mol. The molecule has 0 heterocycles. The highest BCUT2D eigenvalue weighted by Crippen LogP contribution is 2.13. The molecule has 3 heteroatoms. The minimum Gasteiger partial charge on any atom is -0.379 e. The first kappa shape index (κ1) is 40.4. The molecule has 0 N–H and O–H groups in total. The van der Waals surface area contributed by atoms with Crippen LogP contribution >= 0.6 is 0 Å². The van der Waals surface area contributed by atoms with Gasteiger partial charge in [0.15, 0.2) is 0 Å². The van der Waals surface area contributed by atoms with Gasteiger partial charge in [-0.15, -0.1) is 0 Å². The van der Waals surface area contributed by atoms with Crippen LogP contribution in [-0.4, -0.2) is 58.1 Å². The lowest BCUT2D eigenvalue weighted by Crippen LogP contribution is -2.44. The zero-order valence-electron chi connectivity index (χ0n) is 28.9. The summed E-state index contributed by atoms with van der Waals surface area (Å²) in [4.78, 5) is 0. The van der Waals surface area contributed by atoms with E-state index in [0.29, 0.717) is 0 Å². The van der Waals surface area contributed by atoms with Gasteiger partial charge in [0, 0.05) is 13.2 Å². The van der Waals surface area contributed by atoms with Crippen molar-refractivity contribution in [1.29, 1.82) is 0 Å². The summed E-state index contributed by atoms with van der Waals surface area (Å²) in [6.07, 6.45) is 41.7. The van der Waals surface area contributed by atoms with Crippen LogP contribution in [0.2, 0.25) is 0 Å². The number of hydrogen-bond acceptors (Lipinski definition) is 2. The average Bonchev–Trinajstić information content (AvgIpc) is 2.94. The maximum atomic E-state index is 6.30. The van der Waals surface area contributed by atoms with Crippen LogP contribution in [0.4, 0.5) is 0 Å². The molecular formula is C38H76NO2+. The van der Waals surface area contributed by atoms with Gasteiger partial charge in [0.2, 0.25) is 0 Å². The topological polar surface area (TPSA) is 18.5 Å². The summed E-state index contributed by atoms with van der Waals surface area (Å²) in [7, 11) is 6.76. The molecule has 0 aromatic heterocycles. The van der Waals surface area contributed by atoms with Gasteiger partial charge in [0.05, 0.1) is 27.7 Å². The van der Waals surface area contributed by atoms with E-state index in [2.05, 4.69) is 59.3 Å². The van der Waals surface area contributed by atoms with Crippen molar-refractivity contribution in [2.75, 3.05) is 47.5 Å². The Labute approximate surface area is 259 Å². The SMILES string of the molecule is CCCC/C=C\CCCCCCCCCCOCC(C[N+](C)(C)C)OCCCCCCCCCC/C=C\CCCC. The van der Waals surface area contributed by atoms with Crippen LogP contribution in [0.25, 0.3) is 0 Å². The van der Waals surface area contributed by atoms with E-state index in [-0.39, 0.29) is 6.10 Å². The van der Waals surface area contributed by atoms with Crippen molar-refractivity contribution in [2.45, 2.75) is 174 Å². The summed E-state index contributed by atoms with van der Waals surface area (Å²) in [5.41, 5.74) is 0. The molecule has 0 radical (unpaired) electrons. The number of nitrogens with zero attached hydrogens (tertiary/aromatic N) is 1. The van der Waals surface area contributed by atoms with Crippen molar-refractivity contribution >= 4 is 0 Å². The van der Waals surface area contributed by atoms with Crippen LogP contribution in [0.15, 0.2) is 24.3 Å². The van der Waals surface area contributed by atoms with Gasteiger partial charge >= 0.3 is 0 Å². The molecule has 0 amide bonds. The summed E-state index contributed by atoms with van der Waals surface area (Å²) in [5.74, 6) is 0. The number of likely N-dealkylation sites (N-methyl/N-ethyl adjacent to an activating group) is 1. The standard InChI is InChI=1S/C38H76NO2/c1-6-8-10-12-14-16-18-20-22-24-26-28-30-32-34-40-37-38(36-39(3,4)5)41-35-33-31-29-27-25-23-21-19-17-15-13-11-9-7-2/h12-15,38H,6-11,16-37H2,1-5H3/q+1/b14-12-,15-13-. The molecule has 0 aliphatic rings. The molecule has 244 valence electrons. The van der Waals surface area contributed by atoms with Crippen LogP contribution in [-0.2, 0) is 9.47 Å². The van der Waals surface area contributed by atoms with Gasteiger partial charge < -0.3 is 14.0 Å². The highest BCUT2D eigenvalue weighted by molar-refractivity contribution is 4.81. The number of unbranched alkanes of at least 4 members (excludes halogenated alkanes) is 20. The third-order valence-corrected chi connectivity index (χ3v) is 7.87. The van der Waals surface area contributed by atoms with Gasteiger partial charge in [0.25, 0.3) is 0 Å². The fourth-order valence-electron chi connectivity index (χ4n) is 5.30. The number of allylic oxidation sites excluding steroid dienone is 4. The Balaban J connectivity index is 3.63. The second-order valence-corrected chi connectivity index (χ2v) is 13.5. The van der Waals surface area contributed by atoms with Crippen LogP contribution in [0, 0.1) is 0 Å². The van der Waals surface area contributed by atoms with Crippen LogP contribution in [0.1, 0.15) is 168 Å². The maximum Gasteiger partial charge on any atom is 0.130 e. The predicted octanol–water partition coefficient (Wildman–Crippen LogP) is 11.6. The van der Waals surface area contributed by atoms with Gasteiger partial charge in [-0.3, -0.25) is 0 Å². The first-order valence-corrected chi connectivity index (χ1v) is 18.3. The normalized spacial score (nSPS) is 13.2. The molecule has 0 aromatic rings. The van der Waals surface area contributed by atoms with E-state index in [1.54, 1.807) is 0 Å². The van der Waals surface area contributed by atoms with Crippen molar-refractivity contribution in [3.63, 3.8) is 0 Å². The minimum absolute atomic E-state index is 0.215. The Morgan fingerprint density at radius 3 is 1.24 bits per heavy atom. The van der Waals surface area contributed by atoms with Crippen LogP contribution in [0.3, 0.4) is 0 Å². The third-order valence-electron chi connectivity index (χ3n) is 7.87. The Morgan fingerprint density at radius 2 is 0.829 bits per heavy atom. The molecule has 1 atom stereocenters. The minimum atomic E-state index is 0.215. The number of hydrogen-bond donors (Lipinski definition) is 0. The van der Waals surface area contributed by atoms with Crippen molar-refractivity contribution in [3.8, 4) is 0 Å². The summed E-state index contributed by atoms with van der Waals surface area (Å²) in [6.45, 7) is 8.06. The lowest BCUT2D eigenvalue weighted by molar-refractivity contribution is -0.873. The van der Waals surface area contributed by atoms with E-state index in [9.17, 15) is 0 Å². The van der Waals surface area contributed by atoms with E-state index in [4.69, 9.17) is 9.47 Å². The smallest absolute Gasteiger partial charge is 0.130 e. The molecule has 0 aliphatic heterocycles. The fraction of sp³-hybridized carbons (Fsp3) is 0.895. The highest BCUT2D eigenvalue weighted by atomic mass is 16.5. The molecule has 0 aliphatic carbocycles. The van der Waals surface area contributed by atoms with Gasteiger partial charge in [-0.2, -0.15) is 0 Å². The van der Waals surface area contributed by atoms with Crippen molar-refractivity contribution < 1.29 is 14.0 Å². The summed E-state index contributed by atoms with van der Waals surface area (Å²) < 4.78 is 13.3.